The van der Waals surface area contributed by atoms with Crippen LogP contribution in [0.1, 0.15) is 37.3 Å². The lowest BCUT2D eigenvalue weighted by atomic mass is 9.99. The van der Waals surface area contributed by atoms with Gasteiger partial charge in [-0.1, -0.05) is 38.0 Å². The molecule has 0 N–H and O–H groups in total. The van der Waals surface area contributed by atoms with Crippen LogP contribution in [0.25, 0.3) is 10.9 Å². The summed E-state index contributed by atoms with van der Waals surface area (Å²) in [6, 6.07) is 10.3. The molecular weight excluding hydrogens is 208 g/mol. The summed E-state index contributed by atoms with van der Waals surface area (Å²) in [5, 5.41) is 10.3. The Bertz CT molecular complexity index is 552. The average molecular weight is 224 g/mol. The summed E-state index contributed by atoms with van der Waals surface area (Å²) in [6.45, 7) is 2.19. The van der Waals surface area contributed by atoms with Crippen molar-refractivity contribution in [2.45, 2.75) is 32.6 Å². The number of para-hydroxylation sites is 1. The third-order valence-electron chi connectivity index (χ3n) is 3.04. The molecule has 17 heavy (non-hydrogen) atoms. The number of unbranched alkanes of at least 4 members (excludes halogenated alkanes) is 2. The molecule has 86 valence electrons. The lowest BCUT2D eigenvalue weighted by Gasteiger charge is -2.07. The van der Waals surface area contributed by atoms with Gasteiger partial charge in [0.2, 0.25) is 0 Å². The number of fused-ring (bicyclic) bond motifs is 1. The van der Waals surface area contributed by atoms with E-state index in [0.29, 0.717) is 0 Å². The zero-order chi connectivity index (χ0) is 12.1. The molecular formula is C15H16N2. The molecule has 1 aromatic carbocycles. The van der Waals surface area contributed by atoms with Crippen molar-refractivity contribution in [1.82, 2.24) is 4.98 Å². The van der Waals surface area contributed by atoms with Gasteiger partial charge >= 0.3 is 0 Å². The first-order chi connectivity index (χ1) is 8.36. The van der Waals surface area contributed by atoms with Crippen molar-refractivity contribution in [2.24, 2.45) is 0 Å². The van der Waals surface area contributed by atoms with Crippen molar-refractivity contribution in [3.05, 3.63) is 41.6 Å². The zero-order valence-corrected chi connectivity index (χ0v) is 10.1. The van der Waals surface area contributed by atoms with E-state index in [9.17, 15) is 0 Å². The molecule has 2 heteroatoms. The van der Waals surface area contributed by atoms with E-state index in [0.717, 1.165) is 34.9 Å². The van der Waals surface area contributed by atoms with E-state index in [2.05, 4.69) is 24.0 Å². The standard InChI is InChI=1S/C15H16N2/c1-2-3-4-7-13-12(10-16)11-17-15-9-6-5-8-14(13)15/h5-6,8-9,11H,2-4,7H2,1H3. The minimum atomic E-state index is 0.722. The highest BCUT2D eigenvalue weighted by molar-refractivity contribution is 5.83. The fourth-order valence-electron chi connectivity index (χ4n) is 2.12. The van der Waals surface area contributed by atoms with E-state index in [4.69, 9.17) is 5.26 Å². The zero-order valence-electron chi connectivity index (χ0n) is 10.1. The summed E-state index contributed by atoms with van der Waals surface area (Å²) in [7, 11) is 0. The van der Waals surface area contributed by atoms with Gasteiger partial charge in [-0.25, -0.2) is 0 Å². The lowest BCUT2D eigenvalue weighted by Crippen LogP contribution is -1.95. The summed E-state index contributed by atoms with van der Waals surface area (Å²) in [5.74, 6) is 0. The van der Waals surface area contributed by atoms with Gasteiger partial charge in [-0.05, 0) is 24.5 Å². The van der Waals surface area contributed by atoms with E-state index < -0.39 is 0 Å². The van der Waals surface area contributed by atoms with Crippen LogP contribution in [0.3, 0.4) is 0 Å². The maximum absolute atomic E-state index is 9.14. The van der Waals surface area contributed by atoms with Crippen molar-refractivity contribution in [1.29, 1.82) is 5.26 Å². The van der Waals surface area contributed by atoms with Gasteiger partial charge in [-0.3, -0.25) is 4.98 Å². The number of aromatic nitrogens is 1. The van der Waals surface area contributed by atoms with Crippen LogP contribution in [0.15, 0.2) is 30.5 Å². The quantitative estimate of drug-likeness (QED) is 0.740. The predicted octanol–water partition coefficient (Wildman–Crippen LogP) is 3.84. The van der Waals surface area contributed by atoms with Gasteiger partial charge in [-0.2, -0.15) is 5.26 Å². The van der Waals surface area contributed by atoms with Gasteiger partial charge in [0.15, 0.2) is 0 Å². The number of nitriles is 1. The summed E-state index contributed by atoms with van der Waals surface area (Å²) in [5.41, 5.74) is 2.87. The van der Waals surface area contributed by atoms with Gasteiger partial charge in [0.25, 0.3) is 0 Å². The molecule has 0 radical (unpaired) electrons. The SMILES string of the molecule is CCCCCc1c(C#N)cnc2ccccc12. The van der Waals surface area contributed by atoms with Crippen LogP contribution in [0.5, 0.6) is 0 Å². The van der Waals surface area contributed by atoms with E-state index in [1.54, 1.807) is 6.20 Å². The second-order valence-electron chi connectivity index (χ2n) is 4.24. The molecule has 0 atom stereocenters. The van der Waals surface area contributed by atoms with Crippen LogP contribution in [-0.2, 0) is 6.42 Å². The molecule has 0 aliphatic heterocycles. The summed E-state index contributed by atoms with van der Waals surface area (Å²) >= 11 is 0. The van der Waals surface area contributed by atoms with E-state index in [-0.39, 0.29) is 0 Å². The molecule has 1 aromatic heterocycles. The molecule has 0 amide bonds. The Balaban J connectivity index is 2.45. The highest BCUT2D eigenvalue weighted by atomic mass is 14.7. The molecule has 0 bridgehead atoms. The Morgan fingerprint density at radius 3 is 2.82 bits per heavy atom. The van der Waals surface area contributed by atoms with Crippen LogP contribution in [0.4, 0.5) is 0 Å². The number of nitrogens with zero attached hydrogens (tertiary/aromatic N) is 2. The van der Waals surface area contributed by atoms with Crippen LogP contribution in [-0.4, -0.2) is 4.98 Å². The number of aryl methyl sites for hydroxylation is 1. The molecule has 0 aliphatic carbocycles. The van der Waals surface area contributed by atoms with Gasteiger partial charge < -0.3 is 0 Å². The van der Waals surface area contributed by atoms with Crippen molar-refractivity contribution < 1.29 is 0 Å². The third-order valence-corrected chi connectivity index (χ3v) is 3.04. The molecule has 2 rings (SSSR count). The van der Waals surface area contributed by atoms with Crippen molar-refractivity contribution >= 4 is 10.9 Å². The second kappa shape index (κ2) is 5.45. The maximum atomic E-state index is 9.14. The normalized spacial score (nSPS) is 10.4. The average Bonchev–Trinajstić information content (AvgIpc) is 2.39. The highest BCUT2D eigenvalue weighted by Crippen LogP contribution is 2.22. The summed E-state index contributed by atoms with van der Waals surface area (Å²) < 4.78 is 0. The van der Waals surface area contributed by atoms with Crippen LogP contribution < -0.4 is 0 Å². The summed E-state index contributed by atoms with van der Waals surface area (Å²) in [6.07, 6.45) is 6.22. The molecule has 0 spiro atoms. The first-order valence-electron chi connectivity index (χ1n) is 6.13. The topological polar surface area (TPSA) is 36.7 Å². The predicted molar refractivity (Wildman–Crippen MR) is 69.7 cm³/mol. The number of rotatable bonds is 4. The molecule has 1 heterocycles. The lowest BCUT2D eigenvalue weighted by molar-refractivity contribution is 0.718. The third kappa shape index (κ3) is 2.45. The Kier molecular flexibility index (Phi) is 3.72. The number of benzene rings is 1. The molecule has 2 nitrogen and oxygen atoms in total. The van der Waals surface area contributed by atoms with Crippen molar-refractivity contribution in [3.63, 3.8) is 0 Å². The smallest absolute Gasteiger partial charge is 0.101 e. The molecule has 0 saturated heterocycles. The number of pyridine rings is 1. The fourth-order valence-corrected chi connectivity index (χ4v) is 2.12. The Morgan fingerprint density at radius 2 is 2.06 bits per heavy atom. The maximum Gasteiger partial charge on any atom is 0.101 e. The minimum absolute atomic E-state index is 0.722. The fraction of sp³-hybridized carbons (Fsp3) is 0.333. The first-order valence-corrected chi connectivity index (χ1v) is 6.13. The molecule has 2 aromatic rings. The number of hydrogen-bond donors (Lipinski definition) is 0. The Morgan fingerprint density at radius 1 is 1.24 bits per heavy atom. The molecule has 0 fully saturated rings. The van der Waals surface area contributed by atoms with E-state index in [1.807, 2.05) is 18.2 Å². The van der Waals surface area contributed by atoms with Crippen LogP contribution >= 0.6 is 0 Å². The molecule has 0 aliphatic rings. The van der Waals surface area contributed by atoms with E-state index >= 15 is 0 Å². The largest absolute Gasteiger partial charge is 0.255 e. The van der Waals surface area contributed by atoms with E-state index in [1.165, 1.54) is 12.8 Å². The first kappa shape index (κ1) is 11.6. The minimum Gasteiger partial charge on any atom is -0.255 e. The van der Waals surface area contributed by atoms with Gasteiger partial charge in [0.1, 0.15) is 6.07 Å². The van der Waals surface area contributed by atoms with Crippen molar-refractivity contribution in [2.75, 3.05) is 0 Å². The summed E-state index contributed by atoms with van der Waals surface area (Å²) in [4.78, 5) is 4.32. The van der Waals surface area contributed by atoms with Crippen LogP contribution in [0.2, 0.25) is 0 Å². The monoisotopic (exact) mass is 224 g/mol. The van der Waals surface area contributed by atoms with Crippen molar-refractivity contribution in [3.8, 4) is 6.07 Å². The second-order valence-corrected chi connectivity index (χ2v) is 4.24. The van der Waals surface area contributed by atoms with Gasteiger partial charge in [0.05, 0.1) is 11.1 Å². The molecule has 0 unspecified atom stereocenters. The molecule has 0 saturated carbocycles. The van der Waals surface area contributed by atoms with Gasteiger partial charge in [0, 0.05) is 11.6 Å². The Hall–Kier alpha value is -1.88. The van der Waals surface area contributed by atoms with Gasteiger partial charge in [-0.15, -0.1) is 0 Å². The number of hydrogen-bond acceptors (Lipinski definition) is 2. The Labute approximate surface area is 102 Å². The highest BCUT2D eigenvalue weighted by Gasteiger charge is 2.07. The van der Waals surface area contributed by atoms with Crippen LogP contribution in [0, 0.1) is 11.3 Å².